The maximum absolute atomic E-state index is 11.9. The molecule has 1 N–H and O–H groups in total. The molecule has 1 fully saturated rings. The lowest BCUT2D eigenvalue weighted by Crippen LogP contribution is -2.44. The van der Waals surface area contributed by atoms with Crippen molar-refractivity contribution in [3.8, 4) is 0 Å². The first-order valence-electron chi connectivity index (χ1n) is 6.05. The Morgan fingerprint density at radius 2 is 1.83 bits per heavy atom. The van der Waals surface area contributed by atoms with Crippen LogP contribution in [0.5, 0.6) is 0 Å². The lowest BCUT2D eigenvalue weighted by molar-refractivity contribution is -0.124. The van der Waals surface area contributed by atoms with Crippen LogP contribution in [-0.4, -0.2) is 42.0 Å². The van der Waals surface area contributed by atoms with Crippen LogP contribution in [0.4, 0.5) is 4.79 Å². The van der Waals surface area contributed by atoms with Gasteiger partial charge in [-0.3, -0.25) is 4.79 Å². The largest absolute Gasteiger partial charge is 0.435 e. The van der Waals surface area contributed by atoms with Crippen LogP contribution in [0.1, 0.15) is 33.6 Å². The Labute approximate surface area is 108 Å². The van der Waals surface area contributed by atoms with Crippen molar-refractivity contribution in [2.75, 3.05) is 14.1 Å². The van der Waals surface area contributed by atoms with Crippen LogP contribution in [0.15, 0.2) is 12.3 Å². The molecule has 1 rings (SSSR count). The van der Waals surface area contributed by atoms with E-state index in [0.717, 1.165) is 0 Å². The predicted molar refractivity (Wildman–Crippen MR) is 69.2 cm³/mol. The number of hydrogen-bond acceptors (Lipinski definition) is 4. The molecule has 0 aliphatic heterocycles. The van der Waals surface area contributed by atoms with Gasteiger partial charge in [-0.1, -0.05) is 0 Å². The van der Waals surface area contributed by atoms with Gasteiger partial charge in [0.2, 0.25) is 5.78 Å². The summed E-state index contributed by atoms with van der Waals surface area (Å²) in [5.41, 5.74) is -1.29. The van der Waals surface area contributed by atoms with Crippen LogP contribution in [0.25, 0.3) is 0 Å². The Balaban J connectivity index is 2.56. The van der Waals surface area contributed by atoms with Gasteiger partial charge in [0.15, 0.2) is 5.60 Å². The number of hydrogen-bond donors (Lipinski definition) is 1. The number of nitrogens with one attached hydrogen (secondary N) is 1. The average molecular weight is 254 g/mol. The van der Waals surface area contributed by atoms with E-state index < -0.39 is 11.7 Å². The second kappa shape index (κ2) is 5.00. The average Bonchev–Trinajstić information content (AvgIpc) is 2.91. The Hall–Kier alpha value is -1.52. The van der Waals surface area contributed by atoms with Gasteiger partial charge in [0.25, 0.3) is 0 Å². The zero-order valence-corrected chi connectivity index (χ0v) is 11.7. The molecule has 5 nitrogen and oxygen atoms in total. The van der Waals surface area contributed by atoms with Gasteiger partial charge < -0.3 is 15.0 Å². The molecule has 0 heterocycles. The molecule has 1 saturated carbocycles. The monoisotopic (exact) mass is 254 g/mol. The van der Waals surface area contributed by atoms with E-state index in [-0.39, 0.29) is 11.3 Å². The van der Waals surface area contributed by atoms with E-state index in [0.29, 0.717) is 12.8 Å². The Kier molecular flexibility index (Phi) is 4.04. The molecule has 18 heavy (non-hydrogen) atoms. The number of ketones is 1. The van der Waals surface area contributed by atoms with Crippen molar-refractivity contribution in [2.24, 2.45) is 0 Å². The number of carbonyl (C=O) groups is 2. The molecule has 0 aromatic heterocycles. The van der Waals surface area contributed by atoms with Crippen LogP contribution in [0.2, 0.25) is 0 Å². The first-order valence-corrected chi connectivity index (χ1v) is 6.05. The van der Waals surface area contributed by atoms with Crippen LogP contribution >= 0.6 is 0 Å². The highest BCUT2D eigenvalue weighted by molar-refractivity contribution is 6.00. The smallest absolute Gasteiger partial charge is 0.408 e. The fraction of sp³-hybridized carbons (Fsp3) is 0.692. The molecular weight excluding hydrogens is 232 g/mol. The quantitative estimate of drug-likeness (QED) is 0.776. The van der Waals surface area contributed by atoms with Gasteiger partial charge in [-0.05, 0) is 33.6 Å². The lowest BCUT2D eigenvalue weighted by atomic mass is 10.1. The summed E-state index contributed by atoms with van der Waals surface area (Å²) < 4.78 is 5.25. The number of ether oxygens (including phenoxy) is 1. The summed E-state index contributed by atoms with van der Waals surface area (Å²) in [5, 5.41) is 2.69. The van der Waals surface area contributed by atoms with Crippen molar-refractivity contribution in [1.29, 1.82) is 0 Å². The summed E-state index contributed by atoms with van der Waals surface area (Å²) in [5.74, 6) is -0.153. The van der Waals surface area contributed by atoms with Gasteiger partial charge in [-0.2, -0.15) is 0 Å². The van der Waals surface area contributed by atoms with Gasteiger partial charge in [0.1, 0.15) is 0 Å². The van der Waals surface area contributed by atoms with E-state index in [9.17, 15) is 9.59 Å². The van der Waals surface area contributed by atoms with Crippen molar-refractivity contribution in [3.63, 3.8) is 0 Å². The summed E-state index contributed by atoms with van der Waals surface area (Å²) in [6.45, 7) is 5.59. The molecular formula is C13H22N2O3. The Morgan fingerprint density at radius 1 is 1.28 bits per heavy atom. The van der Waals surface area contributed by atoms with Crippen LogP contribution in [0, 0.1) is 0 Å². The third-order valence-electron chi connectivity index (χ3n) is 2.44. The topological polar surface area (TPSA) is 58.6 Å². The van der Waals surface area contributed by atoms with Gasteiger partial charge >= 0.3 is 6.09 Å². The van der Waals surface area contributed by atoms with Crippen molar-refractivity contribution < 1.29 is 14.3 Å². The molecule has 1 aliphatic rings. The summed E-state index contributed by atoms with van der Waals surface area (Å²) in [6, 6.07) is 0. The standard InChI is InChI=1S/C13H22N2O3/c1-12(2,3)14-11(17)18-13(7-8-13)10(16)6-9-15(4)5/h6,9H,7-8H2,1-5H3,(H,14,17)/b9-6+. The van der Waals surface area contributed by atoms with Crippen molar-refractivity contribution in [3.05, 3.63) is 12.3 Å². The minimum Gasteiger partial charge on any atom is -0.435 e. The molecule has 0 spiro atoms. The summed E-state index contributed by atoms with van der Waals surface area (Å²) >= 11 is 0. The van der Waals surface area contributed by atoms with Gasteiger partial charge in [0.05, 0.1) is 0 Å². The third kappa shape index (κ3) is 4.39. The molecule has 0 unspecified atom stereocenters. The van der Waals surface area contributed by atoms with Gasteiger partial charge in [0, 0.05) is 31.9 Å². The second-order valence-electron chi connectivity index (χ2n) is 5.90. The number of rotatable bonds is 4. The number of carbonyl (C=O) groups excluding carboxylic acids is 2. The maximum atomic E-state index is 11.9. The van der Waals surface area contributed by atoms with Gasteiger partial charge in [-0.25, -0.2) is 4.79 Å². The first-order chi connectivity index (χ1) is 8.15. The van der Waals surface area contributed by atoms with E-state index in [1.807, 2.05) is 34.9 Å². The molecule has 1 amide bonds. The Bertz CT molecular complexity index is 363. The van der Waals surface area contributed by atoms with Crippen LogP contribution < -0.4 is 5.32 Å². The molecule has 0 atom stereocenters. The molecule has 0 saturated heterocycles. The molecule has 102 valence electrons. The second-order valence-corrected chi connectivity index (χ2v) is 5.90. The fourth-order valence-electron chi connectivity index (χ4n) is 1.39. The third-order valence-corrected chi connectivity index (χ3v) is 2.44. The molecule has 0 bridgehead atoms. The van der Waals surface area contributed by atoms with Gasteiger partial charge in [-0.15, -0.1) is 0 Å². The lowest BCUT2D eigenvalue weighted by Gasteiger charge is -2.22. The van der Waals surface area contributed by atoms with E-state index in [4.69, 9.17) is 4.74 Å². The minimum absolute atomic E-state index is 0.153. The van der Waals surface area contributed by atoms with E-state index in [1.54, 1.807) is 11.1 Å². The molecule has 1 aliphatic carbocycles. The summed E-state index contributed by atoms with van der Waals surface area (Å²) in [7, 11) is 3.66. The predicted octanol–water partition coefficient (Wildman–Crippen LogP) is 1.69. The van der Waals surface area contributed by atoms with Crippen LogP contribution in [0.3, 0.4) is 0 Å². The molecule has 5 heteroatoms. The van der Waals surface area contributed by atoms with Crippen molar-refractivity contribution in [2.45, 2.75) is 44.8 Å². The van der Waals surface area contributed by atoms with Crippen molar-refractivity contribution in [1.82, 2.24) is 10.2 Å². The number of amides is 1. The summed E-state index contributed by atoms with van der Waals surface area (Å²) in [4.78, 5) is 25.3. The van der Waals surface area contributed by atoms with E-state index in [2.05, 4.69) is 5.32 Å². The zero-order valence-electron chi connectivity index (χ0n) is 11.7. The normalized spacial score (nSPS) is 17.4. The number of alkyl carbamates (subject to hydrolysis) is 1. The highest BCUT2D eigenvalue weighted by atomic mass is 16.6. The van der Waals surface area contributed by atoms with E-state index in [1.165, 1.54) is 6.08 Å². The summed E-state index contributed by atoms with van der Waals surface area (Å²) in [6.07, 6.45) is 3.78. The maximum Gasteiger partial charge on any atom is 0.408 e. The van der Waals surface area contributed by atoms with Crippen molar-refractivity contribution >= 4 is 11.9 Å². The molecule has 0 radical (unpaired) electrons. The molecule has 0 aromatic rings. The highest BCUT2D eigenvalue weighted by Gasteiger charge is 2.53. The van der Waals surface area contributed by atoms with Crippen LogP contribution in [-0.2, 0) is 9.53 Å². The van der Waals surface area contributed by atoms with E-state index >= 15 is 0 Å². The first kappa shape index (κ1) is 14.5. The molecule has 0 aromatic carbocycles. The Morgan fingerprint density at radius 3 is 2.22 bits per heavy atom. The number of nitrogens with zero attached hydrogens (tertiary/aromatic N) is 1. The SMILES string of the molecule is CN(C)/C=C/C(=O)C1(OC(=O)NC(C)(C)C)CC1. The minimum atomic E-state index is -0.929. The fourth-order valence-corrected chi connectivity index (χ4v) is 1.39. The zero-order chi connectivity index (χ0) is 14.0. The highest BCUT2D eigenvalue weighted by Crippen LogP contribution is 2.41.